The zero-order chi connectivity index (χ0) is 13.4. The van der Waals surface area contributed by atoms with Gasteiger partial charge in [0.15, 0.2) is 11.5 Å². The van der Waals surface area contributed by atoms with Gasteiger partial charge in [-0.25, -0.2) is 0 Å². The van der Waals surface area contributed by atoms with Crippen LogP contribution in [0.2, 0.25) is 5.02 Å². The number of aromatic nitrogens is 1. The Labute approximate surface area is 115 Å². The fourth-order valence-corrected chi connectivity index (χ4v) is 2.49. The van der Waals surface area contributed by atoms with Crippen LogP contribution < -0.4 is 15.2 Å². The van der Waals surface area contributed by atoms with E-state index < -0.39 is 0 Å². The molecule has 2 heterocycles. The second kappa shape index (κ2) is 4.66. The molecule has 0 aliphatic carbocycles. The summed E-state index contributed by atoms with van der Waals surface area (Å²) in [6.45, 7) is 3.16. The van der Waals surface area contributed by atoms with Gasteiger partial charge in [-0.1, -0.05) is 16.8 Å². The lowest BCUT2D eigenvalue weighted by Gasteiger charge is -2.14. The molecular weight excluding hydrogens is 268 g/mol. The SMILES string of the molecule is Cc1c2c(cc(Cl)c1-c1cc(N)on1)OCCCO2. The van der Waals surface area contributed by atoms with Gasteiger partial charge in [0.1, 0.15) is 5.69 Å². The van der Waals surface area contributed by atoms with E-state index in [1.807, 2.05) is 6.92 Å². The Bertz CT molecular complexity index is 625. The zero-order valence-electron chi connectivity index (χ0n) is 10.4. The third-order valence-corrected chi connectivity index (χ3v) is 3.31. The molecule has 3 rings (SSSR count). The number of benzene rings is 1. The van der Waals surface area contributed by atoms with Crippen LogP contribution in [0.1, 0.15) is 12.0 Å². The summed E-state index contributed by atoms with van der Waals surface area (Å²) >= 11 is 6.31. The van der Waals surface area contributed by atoms with Crippen LogP contribution in [-0.2, 0) is 0 Å². The number of nitrogens with two attached hydrogens (primary N) is 1. The summed E-state index contributed by atoms with van der Waals surface area (Å²) in [4.78, 5) is 0. The Balaban J connectivity index is 2.18. The highest BCUT2D eigenvalue weighted by molar-refractivity contribution is 6.33. The Morgan fingerprint density at radius 3 is 2.79 bits per heavy atom. The second-order valence-corrected chi connectivity index (χ2v) is 4.76. The van der Waals surface area contributed by atoms with Crippen LogP contribution in [0.5, 0.6) is 11.5 Å². The topological polar surface area (TPSA) is 70.5 Å². The van der Waals surface area contributed by atoms with Gasteiger partial charge < -0.3 is 19.7 Å². The molecule has 0 radical (unpaired) electrons. The summed E-state index contributed by atoms with van der Waals surface area (Å²) in [5.74, 6) is 1.62. The molecule has 0 saturated carbocycles. The average molecular weight is 281 g/mol. The van der Waals surface area contributed by atoms with E-state index in [1.165, 1.54) is 0 Å². The number of nitrogen functional groups attached to an aromatic ring is 1. The molecule has 1 aliphatic heterocycles. The summed E-state index contributed by atoms with van der Waals surface area (Å²) in [7, 11) is 0. The van der Waals surface area contributed by atoms with Crippen LogP contribution in [0.15, 0.2) is 16.7 Å². The molecule has 1 aromatic carbocycles. The molecule has 1 aliphatic rings. The Hall–Kier alpha value is -1.88. The highest BCUT2D eigenvalue weighted by Gasteiger charge is 2.21. The van der Waals surface area contributed by atoms with Crippen molar-refractivity contribution >= 4 is 17.5 Å². The smallest absolute Gasteiger partial charge is 0.222 e. The molecule has 0 bridgehead atoms. The first kappa shape index (κ1) is 12.2. The summed E-state index contributed by atoms with van der Waals surface area (Å²) in [5, 5.41) is 4.44. The number of nitrogens with zero attached hydrogens (tertiary/aromatic N) is 1. The highest BCUT2D eigenvalue weighted by atomic mass is 35.5. The van der Waals surface area contributed by atoms with E-state index in [0.29, 0.717) is 35.4 Å². The van der Waals surface area contributed by atoms with Gasteiger partial charge in [0.05, 0.1) is 18.2 Å². The number of hydrogen-bond donors (Lipinski definition) is 1. The fraction of sp³-hybridized carbons (Fsp3) is 0.308. The van der Waals surface area contributed by atoms with Crippen molar-refractivity contribution in [3.63, 3.8) is 0 Å². The molecule has 1 aromatic heterocycles. The Morgan fingerprint density at radius 1 is 1.26 bits per heavy atom. The van der Waals surface area contributed by atoms with Crippen LogP contribution in [0.3, 0.4) is 0 Å². The van der Waals surface area contributed by atoms with Gasteiger partial charge in [0.25, 0.3) is 0 Å². The summed E-state index contributed by atoms with van der Waals surface area (Å²) < 4.78 is 16.3. The molecule has 0 spiro atoms. The van der Waals surface area contributed by atoms with Crippen molar-refractivity contribution in [3.05, 3.63) is 22.7 Å². The lowest BCUT2D eigenvalue weighted by atomic mass is 10.0. The van der Waals surface area contributed by atoms with Crippen molar-refractivity contribution in [1.29, 1.82) is 0 Å². The van der Waals surface area contributed by atoms with Gasteiger partial charge in [-0.3, -0.25) is 0 Å². The van der Waals surface area contributed by atoms with E-state index in [-0.39, 0.29) is 5.88 Å². The molecule has 5 nitrogen and oxygen atoms in total. The molecular formula is C13H13ClN2O3. The van der Waals surface area contributed by atoms with Gasteiger partial charge in [0.2, 0.25) is 5.88 Å². The van der Waals surface area contributed by atoms with E-state index in [2.05, 4.69) is 5.16 Å². The first-order chi connectivity index (χ1) is 9.16. The summed E-state index contributed by atoms with van der Waals surface area (Å²) in [5.41, 5.74) is 7.77. The van der Waals surface area contributed by atoms with Gasteiger partial charge in [0, 0.05) is 29.7 Å². The van der Waals surface area contributed by atoms with Crippen LogP contribution in [0.4, 0.5) is 5.88 Å². The van der Waals surface area contributed by atoms with Crippen molar-refractivity contribution in [2.24, 2.45) is 0 Å². The summed E-state index contributed by atoms with van der Waals surface area (Å²) in [6, 6.07) is 3.38. The lowest BCUT2D eigenvalue weighted by molar-refractivity contribution is 0.296. The van der Waals surface area contributed by atoms with Crippen LogP contribution >= 0.6 is 11.6 Å². The van der Waals surface area contributed by atoms with Crippen molar-refractivity contribution in [2.75, 3.05) is 18.9 Å². The molecule has 0 amide bonds. The van der Waals surface area contributed by atoms with Crippen molar-refractivity contribution < 1.29 is 14.0 Å². The quantitative estimate of drug-likeness (QED) is 0.869. The van der Waals surface area contributed by atoms with E-state index in [4.69, 9.17) is 31.3 Å². The second-order valence-electron chi connectivity index (χ2n) is 4.35. The van der Waals surface area contributed by atoms with Gasteiger partial charge in [-0.05, 0) is 6.92 Å². The predicted molar refractivity (Wildman–Crippen MR) is 71.7 cm³/mol. The summed E-state index contributed by atoms with van der Waals surface area (Å²) in [6.07, 6.45) is 0.845. The van der Waals surface area contributed by atoms with E-state index >= 15 is 0 Å². The first-order valence-electron chi connectivity index (χ1n) is 5.98. The molecule has 2 aromatic rings. The first-order valence-corrected chi connectivity index (χ1v) is 6.36. The largest absolute Gasteiger partial charge is 0.489 e. The average Bonchev–Trinajstić information content (AvgIpc) is 2.64. The van der Waals surface area contributed by atoms with E-state index in [9.17, 15) is 0 Å². The zero-order valence-corrected chi connectivity index (χ0v) is 11.2. The number of fused-ring (bicyclic) bond motifs is 1. The minimum atomic E-state index is 0.248. The Morgan fingerprint density at radius 2 is 2.05 bits per heavy atom. The molecule has 0 fully saturated rings. The number of anilines is 1. The normalized spacial score (nSPS) is 14.2. The van der Waals surface area contributed by atoms with Crippen LogP contribution in [-0.4, -0.2) is 18.4 Å². The molecule has 2 N–H and O–H groups in total. The van der Waals surface area contributed by atoms with Gasteiger partial charge >= 0.3 is 0 Å². The predicted octanol–water partition coefficient (Wildman–Crippen LogP) is 3.05. The maximum atomic E-state index is 6.31. The van der Waals surface area contributed by atoms with Crippen LogP contribution in [0.25, 0.3) is 11.3 Å². The third-order valence-electron chi connectivity index (χ3n) is 3.01. The van der Waals surface area contributed by atoms with E-state index in [0.717, 1.165) is 17.5 Å². The maximum Gasteiger partial charge on any atom is 0.222 e. The maximum absolute atomic E-state index is 6.31. The monoisotopic (exact) mass is 280 g/mol. The molecule has 0 atom stereocenters. The molecule has 19 heavy (non-hydrogen) atoms. The highest BCUT2D eigenvalue weighted by Crippen LogP contribution is 2.43. The van der Waals surface area contributed by atoms with Crippen LogP contribution in [0, 0.1) is 6.92 Å². The molecule has 0 unspecified atom stereocenters. The number of hydrogen-bond acceptors (Lipinski definition) is 5. The van der Waals surface area contributed by atoms with E-state index in [1.54, 1.807) is 12.1 Å². The minimum Gasteiger partial charge on any atom is -0.489 e. The standard InChI is InChI=1S/C13H13ClN2O3/c1-7-12(9-6-11(15)19-16-9)8(14)5-10-13(7)18-4-2-3-17-10/h5-6H,2-4,15H2,1H3. The van der Waals surface area contributed by atoms with Gasteiger partial charge in [-0.2, -0.15) is 0 Å². The van der Waals surface area contributed by atoms with Crippen molar-refractivity contribution in [2.45, 2.75) is 13.3 Å². The third kappa shape index (κ3) is 2.10. The van der Waals surface area contributed by atoms with Gasteiger partial charge in [-0.15, -0.1) is 0 Å². The van der Waals surface area contributed by atoms with Crippen molar-refractivity contribution in [1.82, 2.24) is 5.16 Å². The fourth-order valence-electron chi connectivity index (χ4n) is 2.15. The molecule has 0 saturated heterocycles. The lowest BCUT2D eigenvalue weighted by Crippen LogP contribution is -1.98. The molecule has 6 heteroatoms. The minimum absolute atomic E-state index is 0.248. The number of halogens is 1. The van der Waals surface area contributed by atoms with Crippen molar-refractivity contribution in [3.8, 4) is 22.8 Å². The molecule has 100 valence electrons. The Kier molecular flexibility index (Phi) is 2.98. The number of rotatable bonds is 1. The number of ether oxygens (including phenoxy) is 2.